The Hall–Kier alpha value is -1.75. The van der Waals surface area contributed by atoms with E-state index in [1.54, 1.807) is 18.6 Å². The van der Waals surface area contributed by atoms with Crippen molar-refractivity contribution in [3.05, 3.63) is 50.6 Å². The topological polar surface area (TPSA) is 75.2 Å². The monoisotopic (exact) mass is 468 g/mol. The maximum atomic E-state index is 12.4. The SMILES string of the molecule is CN(CC(=O)Nc1ccccc1Sc1nncs1)C(=O)c1ccc(Br)s1. The van der Waals surface area contributed by atoms with Crippen molar-refractivity contribution >= 4 is 67.9 Å². The summed E-state index contributed by atoms with van der Waals surface area (Å²) in [6, 6.07) is 11.0. The fraction of sp³-hybridized carbons (Fsp3) is 0.125. The van der Waals surface area contributed by atoms with Crippen molar-refractivity contribution in [1.29, 1.82) is 0 Å². The van der Waals surface area contributed by atoms with E-state index in [0.717, 1.165) is 13.0 Å². The first-order valence-electron chi connectivity index (χ1n) is 7.36. The van der Waals surface area contributed by atoms with Crippen molar-refractivity contribution in [3.63, 3.8) is 0 Å². The molecule has 2 amide bonds. The van der Waals surface area contributed by atoms with E-state index in [1.807, 2.05) is 30.3 Å². The fourth-order valence-electron chi connectivity index (χ4n) is 2.05. The number of anilines is 1. The highest BCUT2D eigenvalue weighted by molar-refractivity contribution is 9.11. The molecule has 0 radical (unpaired) electrons. The first kappa shape index (κ1) is 19.0. The Bertz CT molecular complexity index is 914. The number of hydrogen-bond acceptors (Lipinski definition) is 7. The van der Waals surface area contributed by atoms with E-state index in [-0.39, 0.29) is 18.4 Å². The van der Waals surface area contributed by atoms with E-state index >= 15 is 0 Å². The number of carbonyl (C=O) groups is 2. The number of para-hydroxylation sites is 1. The molecule has 2 heterocycles. The van der Waals surface area contributed by atoms with Gasteiger partial charge in [0.2, 0.25) is 5.91 Å². The highest BCUT2D eigenvalue weighted by Crippen LogP contribution is 2.33. The molecule has 1 N–H and O–H groups in total. The van der Waals surface area contributed by atoms with E-state index in [2.05, 4.69) is 31.4 Å². The van der Waals surface area contributed by atoms with Crippen LogP contribution in [0.4, 0.5) is 5.69 Å². The summed E-state index contributed by atoms with van der Waals surface area (Å²) in [6.07, 6.45) is 0. The third kappa shape index (κ3) is 4.91. The van der Waals surface area contributed by atoms with Crippen LogP contribution in [0.3, 0.4) is 0 Å². The van der Waals surface area contributed by atoms with Crippen LogP contribution in [-0.4, -0.2) is 40.5 Å². The summed E-state index contributed by atoms with van der Waals surface area (Å²) in [5.41, 5.74) is 2.34. The molecular formula is C16H13BrN4O2S3. The van der Waals surface area contributed by atoms with Crippen molar-refractivity contribution in [2.75, 3.05) is 18.9 Å². The molecule has 10 heteroatoms. The maximum Gasteiger partial charge on any atom is 0.264 e. The first-order chi connectivity index (χ1) is 12.5. The summed E-state index contributed by atoms with van der Waals surface area (Å²) in [4.78, 5) is 27.6. The molecule has 134 valence electrons. The van der Waals surface area contributed by atoms with Crippen LogP contribution in [0.25, 0.3) is 0 Å². The summed E-state index contributed by atoms with van der Waals surface area (Å²) in [7, 11) is 1.61. The van der Waals surface area contributed by atoms with E-state index in [0.29, 0.717) is 10.6 Å². The van der Waals surface area contributed by atoms with Gasteiger partial charge in [0, 0.05) is 11.9 Å². The molecule has 0 spiro atoms. The maximum absolute atomic E-state index is 12.4. The predicted octanol–water partition coefficient (Wildman–Crippen LogP) is 4.22. The minimum absolute atomic E-state index is 0.0356. The lowest BCUT2D eigenvalue weighted by atomic mass is 10.3. The van der Waals surface area contributed by atoms with Gasteiger partial charge < -0.3 is 10.2 Å². The van der Waals surface area contributed by atoms with Crippen LogP contribution in [0, 0.1) is 0 Å². The molecule has 0 saturated carbocycles. The van der Waals surface area contributed by atoms with Crippen LogP contribution in [0.2, 0.25) is 0 Å². The van der Waals surface area contributed by atoms with E-state index in [1.165, 1.54) is 39.3 Å². The molecule has 0 bridgehead atoms. The van der Waals surface area contributed by atoms with Crippen molar-refractivity contribution in [2.24, 2.45) is 0 Å². The highest BCUT2D eigenvalue weighted by atomic mass is 79.9. The fourth-order valence-corrected chi connectivity index (χ4v) is 4.96. The molecule has 3 aromatic rings. The standard InChI is InChI=1S/C16H13BrN4O2S3/c1-21(15(23)12-6-7-13(17)25-12)8-14(22)19-10-4-2-3-5-11(10)26-16-20-18-9-24-16/h2-7,9H,8H2,1H3,(H,19,22). The normalized spacial score (nSPS) is 10.5. The predicted molar refractivity (Wildman–Crippen MR) is 108 cm³/mol. The second-order valence-corrected chi connectivity index (χ2v) is 9.70. The molecule has 0 unspecified atom stereocenters. The third-order valence-electron chi connectivity index (χ3n) is 3.21. The molecule has 2 aromatic heterocycles. The van der Waals surface area contributed by atoms with Crippen LogP contribution in [0.1, 0.15) is 9.67 Å². The third-order valence-corrected chi connectivity index (χ3v) is 6.68. The first-order valence-corrected chi connectivity index (χ1v) is 10.7. The number of rotatable bonds is 6. The number of aromatic nitrogens is 2. The lowest BCUT2D eigenvalue weighted by Gasteiger charge is -2.16. The molecule has 1 aromatic carbocycles. The lowest BCUT2D eigenvalue weighted by molar-refractivity contribution is -0.116. The number of carbonyl (C=O) groups excluding carboxylic acids is 2. The number of benzene rings is 1. The molecule has 0 atom stereocenters. The molecule has 0 aliphatic rings. The van der Waals surface area contributed by atoms with Gasteiger partial charge in [-0.25, -0.2) is 0 Å². The smallest absolute Gasteiger partial charge is 0.264 e. The van der Waals surface area contributed by atoms with Crippen LogP contribution in [0.15, 0.2) is 54.9 Å². The number of nitrogens with zero attached hydrogens (tertiary/aromatic N) is 3. The molecule has 0 aliphatic carbocycles. The Morgan fingerprint density at radius 3 is 2.77 bits per heavy atom. The number of likely N-dealkylation sites (N-methyl/N-ethyl adjacent to an activating group) is 1. The van der Waals surface area contributed by atoms with Crippen molar-refractivity contribution in [3.8, 4) is 0 Å². The second kappa shape index (κ2) is 8.76. The number of halogens is 1. The summed E-state index contributed by atoms with van der Waals surface area (Å²) in [5, 5.41) is 10.7. The van der Waals surface area contributed by atoms with E-state index in [4.69, 9.17) is 0 Å². The largest absolute Gasteiger partial charge is 0.332 e. The minimum Gasteiger partial charge on any atom is -0.332 e. The minimum atomic E-state index is -0.262. The summed E-state index contributed by atoms with van der Waals surface area (Å²) < 4.78 is 1.67. The molecular weight excluding hydrogens is 456 g/mol. The lowest BCUT2D eigenvalue weighted by Crippen LogP contribution is -2.34. The van der Waals surface area contributed by atoms with Crippen molar-refractivity contribution in [2.45, 2.75) is 9.24 Å². The highest BCUT2D eigenvalue weighted by Gasteiger charge is 2.17. The van der Waals surface area contributed by atoms with Gasteiger partial charge in [-0.2, -0.15) is 0 Å². The number of amides is 2. The molecule has 6 nitrogen and oxygen atoms in total. The Morgan fingerprint density at radius 1 is 1.27 bits per heavy atom. The van der Waals surface area contributed by atoms with E-state index < -0.39 is 0 Å². The van der Waals surface area contributed by atoms with Gasteiger partial charge in [0.05, 0.1) is 20.9 Å². The van der Waals surface area contributed by atoms with Gasteiger partial charge >= 0.3 is 0 Å². The number of nitrogens with one attached hydrogen (secondary N) is 1. The van der Waals surface area contributed by atoms with Crippen LogP contribution in [-0.2, 0) is 4.79 Å². The zero-order valence-electron chi connectivity index (χ0n) is 13.5. The van der Waals surface area contributed by atoms with Gasteiger partial charge in [-0.1, -0.05) is 35.2 Å². The Morgan fingerprint density at radius 2 is 2.08 bits per heavy atom. The molecule has 26 heavy (non-hydrogen) atoms. The van der Waals surface area contributed by atoms with Crippen LogP contribution >= 0.6 is 50.4 Å². The second-order valence-electron chi connectivity index (χ2n) is 5.12. The van der Waals surface area contributed by atoms with E-state index in [9.17, 15) is 9.59 Å². The van der Waals surface area contributed by atoms with Gasteiger partial charge in [-0.3, -0.25) is 9.59 Å². The molecule has 0 aliphatic heterocycles. The zero-order valence-corrected chi connectivity index (χ0v) is 17.5. The van der Waals surface area contributed by atoms with Crippen LogP contribution < -0.4 is 5.32 Å². The quantitative estimate of drug-likeness (QED) is 0.585. The van der Waals surface area contributed by atoms with Crippen LogP contribution in [0.5, 0.6) is 0 Å². The van der Waals surface area contributed by atoms with Crippen molar-refractivity contribution < 1.29 is 9.59 Å². The van der Waals surface area contributed by atoms with Gasteiger partial charge in [-0.05, 0) is 40.2 Å². The number of thiophene rings is 1. The Balaban J connectivity index is 1.64. The van der Waals surface area contributed by atoms with Gasteiger partial charge in [0.25, 0.3) is 5.91 Å². The van der Waals surface area contributed by atoms with Gasteiger partial charge in [0.15, 0.2) is 4.34 Å². The average Bonchev–Trinajstić information content (AvgIpc) is 3.27. The van der Waals surface area contributed by atoms with Gasteiger partial charge in [-0.15, -0.1) is 21.5 Å². The summed E-state index contributed by atoms with van der Waals surface area (Å²) in [5.74, 6) is -0.450. The van der Waals surface area contributed by atoms with Crippen molar-refractivity contribution in [1.82, 2.24) is 15.1 Å². The summed E-state index contributed by atoms with van der Waals surface area (Å²) >= 11 is 7.54. The number of hydrogen-bond donors (Lipinski definition) is 1. The molecule has 0 saturated heterocycles. The van der Waals surface area contributed by atoms with Gasteiger partial charge in [0.1, 0.15) is 5.51 Å². The molecule has 3 rings (SSSR count). The molecule has 0 fully saturated rings. The Kier molecular flexibility index (Phi) is 6.41. The Labute approximate surface area is 170 Å². The zero-order chi connectivity index (χ0) is 18.5. The average molecular weight is 469 g/mol. The summed E-state index contributed by atoms with van der Waals surface area (Å²) in [6.45, 7) is -0.0356.